The second-order valence-corrected chi connectivity index (χ2v) is 3.77. The molecule has 0 saturated heterocycles. The zero-order valence-corrected chi connectivity index (χ0v) is 9.24. The molecule has 0 spiro atoms. The zero-order valence-electron chi connectivity index (χ0n) is 9.24. The van der Waals surface area contributed by atoms with Gasteiger partial charge in [-0.3, -0.25) is 9.78 Å². The summed E-state index contributed by atoms with van der Waals surface area (Å²) in [6.07, 6.45) is 0. The molecule has 4 nitrogen and oxygen atoms in total. The highest BCUT2D eigenvalue weighted by Gasteiger charge is 2.05. The van der Waals surface area contributed by atoms with Crippen molar-refractivity contribution in [3.63, 3.8) is 0 Å². The van der Waals surface area contributed by atoms with Gasteiger partial charge in [-0.15, -0.1) is 0 Å². The fourth-order valence-corrected chi connectivity index (χ4v) is 1.67. The fourth-order valence-electron chi connectivity index (χ4n) is 1.67. The van der Waals surface area contributed by atoms with E-state index in [0.29, 0.717) is 5.69 Å². The Balaban J connectivity index is 2.69. The van der Waals surface area contributed by atoms with Crippen LogP contribution in [0.15, 0.2) is 24.3 Å². The minimum absolute atomic E-state index is 0.102. The molecule has 0 unspecified atom stereocenters. The van der Waals surface area contributed by atoms with Crippen LogP contribution >= 0.6 is 0 Å². The van der Waals surface area contributed by atoms with E-state index in [-0.39, 0.29) is 5.91 Å². The lowest BCUT2D eigenvalue weighted by molar-refractivity contribution is -0.114. The Morgan fingerprint density at radius 2 is 2.12 bits per heavy atom. The van der Waals surface area contributed by atoms with Gasteiger partial charge in [0.2, 0.25) is 5.91 Å². The number of amides is 1. The summed E-state index contributed by atoms with van der Waals surface area (Å²) in [7, 11) is 0. The quantitative estimate of drug-likeness (QED) is 0.716. The lowest BCUT2D eigenvalue weighted by atomic mass is 10.1. The van der Waals surface area contributed by atoms with Crippen LogP contribution in [0.5, 0.6) is 0 Å². The van der Waals surface area contributed by atoms with Crippen LogP contribution in [-0.2, 0) is 4.79 Å². The van der Waals surface area contributed by atoms with Crippen LogP contribution in [0.25, 0.3) is 10.9 Å². The van der Waals surface area contributed by atoms with E-state index in [0.717, 1.165) is 22.3 Å². The second kappa shape index (κ2) is 3.81. The van der Waals surface area contributed by atoms with Gasteiger partial charge in [-0.05, 0) is 31.2 Å². The summed E-state index contributed by atoms with van der Waals surface area (Å²) in [5.41, 5.74) is 8.82. The first-order chi connectivity index (χ1) is 7.56. The number of rotatable bonds is 1. The number of nitrogens with two attached hydrogens (primary N) is 1. The van der Waals surface area contributed by atoms with Gasteiger partial charge in [-0.1, -0.05) is 0 Å². The molecule has 16 heavy (non-hydrogen) atoms. The summed E-state index contributed by atoms with van der Waals surface area (Å²) in [5.74, 6) is -0.102. The molecule has 1 aromatic carbocycles. The van der Waals surface area contributed by atoms with Crippen LogP contribution in [-0.4, -0.2) is 10.9 Å². The molecule has 0 fully saturated rings. The van der Waals surface area contributed by atoms with Crippen LogP contribution in [0.1, 0.15) is 12.6 Å². The predicted octanol–water partition coefficient (Wildman–Crippen LogP) is 2.08. The van der Waals surface area contributed by atoms with Gasteiger partial charge in [0.05, 0.1) is 11.2 Å². The third-order valence-corrected chi connectivity index (χ3v) is 2.27. The van der Waals surface area contributed by atoms with Crippen molar-refractivity contribution in [2.75, 3.05) is 11.1 Å². The molecule has 4 heteroatoms. The SMILES string of the molecule is CC(=O)Nc1cc(C)nc2ccc(N)cc12. The van der Waals surface area contributed by atoms with E-state index in [1.54, 1.807) is 6.07 Å². The molecule has 0 aliphatic rings. The van der Waals surface area contributed by atoms with Crippen LogP contribution in [0.3, 0.4) is 0 Å². The highest BCUT2D eigenvalue weighted by molar-refractivity contribution is 6.01. The van der Waals surface area contributed by atoms with Crippen molar-refractivity contribution in [1.29, 1.82) is 0 Å². The molecule has 1 amide bonds. The number of nitrogen functional groups attached to an aromatic ring is 1. The molecule has 0 aliphatic heterocycles. The van der Waals surface area contributed by atoms with Crippen molar-refractivity contribution in [2.24, 2.45) is 0 Å². The van der Waals surface area contributed by atoms with E-state index in [1.165, 1.54) is 6.92 Å². The van der Waals surface area contributed by atoms with Crippen LogP contribution < -0.4 is 11.1 Å². The fraction of sp³-hybridized carbons (Fsp3) is 0.167. The van der Waals surface area contributed by atoms with E-state index < -0.39 is 0 Å². The number of carbonyl (C=O) groups is 1. The summed E-state index contributed by atoms with van der Waals surface area (Å²) >= 11 is 0. The molecule has 2 aromatic rings. The molecular formula is C12H13N3O. The third kappa shape index (κ3) is 1.95. The number of benzene rings is 1. The number of carbonyl (C=O) groups excluding carboxylic acids is 1. The van der Waals surface area contributed by atoms with E-state index in [2.05, 4.69) is 10.3 Å². The Morgan fingerprint density at radius 1 is 1.38 bits per heavy atom. The number of nitrogens with zero attached hydrogens (tertiary/aromatic N) is 1. The maximum atomic E-state index is 11.1. The van der Waals surface area contributed by atoms with Crippen LogP contribution in [0, 0.1) is 6.92 Å². The van der Waals surface area contributed by atoms with Gasteiger partial charge in [0.1, 0.15) is 0 Å². The number of aromatic nitrogens is 1. The van der Waals surface area contributed by atoms with Gasteiger partial charge < -0.3 is 11.1 Å². The minimum Gasteiger partial charge on any atom is -0.399 e. The topological polar surface area (TPSA) is 68.0 Å². The highest BCUT2D eigenvalue weighted by atomic mass is 16.1. The van der Waals surface area contributed by atoms with Gasteiger partial charge in [0, 0.05) is 23.7 Å². The first-order valence-electron chi connectivity index (χ1n) is 5.01. The molecule has 0 saturated carbocycles. The van der Waals surface area contributed by atoms with E-state index >= 15 is 0 Å². The maximum absolute atomic E-state index is 11.1. The summed E-state index contributed by atoms with van der Waals surface area (Å²) < 4.78 is 0. The van der Waals surface area contributed by atoms with E-state index in [1.807, 2.05) is 25.1 Å². The highest BCUT2D eigenvalue weighted by Crippen LogP contribution is 2.25. The zero-order chi connectivity index (χ0) is 11.7. The number of hydrogen-bond donors (Lipinski definition) is 2. The Kier molecular flexibility index (Phi) is 2.48. The van der Waals surface area contributed by atoms with Gasteiger partial charge in [0.25, 0.3) is 0 Å². The summed E-state index contributed by atoms with van der Waals surface area (Å²) in [6, 6.07) is 7.30. The van der Waals surface area contributed by atoms with Crippen molar-refractivity contribution < 1.29 is 4.79 Å². The predicted molar refractivity (Wildman–Crippen MR) is 65.2 cm³/mol. The molecule has 0 atom stereocenters. The number of anilines is 2. The lowest BCUT2D eigenvalue weighted by Crippen LogP contribution is -2.07. The van der Waals surface area contributed by atoms with E-state index in [9.17, 15) is 4.79 Å². The largest absolute Gasteiger partial charge is 0.399 e. The van der Waals surface area contributed by atoms with Crippen LogP contribution in [0.2, 0.25) is 0 Å². The average molecular weight is 215 g/mol. The first-order valence-corrected chi connectivity index (χ1v) is 5.01. The summed E-state index contributed by atoms with van der Waals surface area (Å²) in [5, 5.41) is 3.64. The molecule has 2 rings (SSSR count). The molecule has 1 aromatic heterocycles. The van der Waals surface area contributed by atoms with Gasteiger partial charge >= 0.3 is 0 Å². The monoisotopic (exact) mass is 215 g/mol. The van der Waals surface area contributed by atoms with Crippen molar-refractivity contribution >= 4 is 28.2 Å². The van der Waals surface area contributed by atoms with Crippen molar-refractivity contribution in [1.82, 2.24) is 4.98 Å². The summed E-state index contributed by atoms with van der Waals surface area (Å²) in [6.45, 7) is 3.37. The molecule has 0 aliphatic carbocycles. The number of fused-ring (bicyclic) bond motifs is 1. The van der Waals surface area contributed by atoms with Gasteiger partial charge in [-0.25, -0.2) is 0 Å². The Bertz CT molecular complexity index is 563. The van der Waals surface area contributed by atoms with Gasteiger partial charge in [-0.2, -0.15) is 0 Å². The number of nitrogens with one attached hydrogen (secondary N) is 1. The molecule has 3 N–H and O–H groups in total. The number of pyridine rings is 1. The molecule has 0 bridgehead atoms. The normalized spacial score (nSPS) is 10.4. The minimum atomic E-state index is -0.102. The summed E-state index contributed by atoms with van der Waals surface area (Å²) in [4.78, 5) is 15.5. The van der Waals surface area contributed by atoms with Crippen molar-refractivity contribution in [2.45, 2.75) is 13.8 Å². The Hall–Kier alpha value is -2.10. The Morgan fingerprint density at radius 3 is 2.81 bits per heavy atom. The number of aryl methyl sites for hydroxylation is 1. The van der Waals surface area contributed by atoms with Crippen molar-refractivity contribution in [3.05, 3.63) is 30.0 Å². The third-order valence-electron chi connectivity index (χ3n) is 2.27. The lowest BCUT2D eigenvalue weighted by Gasteiger charge is -2.08. The molecule has 1 heterocycles. The van der Waals surface area contributed by atoms with Gasteiger partial charge in [0.15, 0.2) is 0 Å². The Labute approximate surface area is 93.5 Å². The molecule has 0 radical (unpaired) electrons. The number of hydrogen-bond acceptors (Lipinski definition) is 3. The second-order valence-electron chi connectivity index (χ2n) is 3.77. The smallest absolute Gasteiger partial charge is 0.221 e. The van der Waals surface area contributed by atoms with Crippen LogP contribution in [0.4, 0.5) is 11.4 Å². The average Bonchev–Trinajstić information content (AvgIpc) is 2.18. The van der Waals surface area contributed by atoms with E-state index in [4.69, 9.17) is 5.73 Å². The standard InChI is InChI=1S/C12H13N3O/c1-7-5-12(15-8(2)16)10-6-9(13)3-4-11(10)14-7/h3-6H,13H2,1-2H3,(H,14,15,16). The maximum Gasteiger partial charge on any atom is 0.221 e. The molecule has 82 valence electrons. The first kappa shape index (κ1) is 10.4. The molecular weight excluding hydrogens is 202 g/mol. The van der Waals surface area contributed by atoms with Crippen molar-refractivity contribution in [3.8, 4) is 0 Å².